The van der Waals surface area contributed by atoms with Crippen molar-refractivity contribution in [2.45, 2.75) is 17.1 Å². The Balaban J connectivity index is 1.75. The molecule has 12 heteroatoms. The molecule has 132 valence electrons. The van der Waals surface area contributed by atoms with Crippen LogP contribution in [0, 0.1) is 5.82 Å². The molecule has 0 aliphatic carbocycles. The molecule has 0 saturated heterocycles. The van der Waals surface area contributed by atoms with Gasteiger partial charge in [0.15, 0.2) is 11.0 Å². The zero-order valence-corrected chi connectivity index (χ0v) is 14.0. The normalized spacial score (nSPS) is 11.9. The first-order valence-corrected chi connectivity index (χ1v) is 7.99. The largest absolute Gasteiger partial charge is 0.451 e. The van der Waals surface area contributed by atoms with Crippen LogP contribution in [0.2, 0.25) is 5.02 Å². The van der Waals surface area contributed by atoms with Crippen molar-refractivity contribution in [1.29, 1.82) is 0 Å². The summed E-state index contributed by atoms with van der Waals surface area (Å²) in [6.45, 7) is 0. The minimum atomic E-state index is -4.59. The van der Waals surface area contributed by atoms with E-state index in [9.17, 15) is 17.6 Å². The molecule has 0 radical (unpaired) electrons. The molecule has 2 heterocycles. The minimum absolute atomic E-state index is 0.0348. The molecular weight excluding hydrogens is 386 g/mol. The van der Waals surface area contributed by atoms with Crippen LogP contribution in [0.3, 0.4) is 0 Å². The summed E-state index contributed by atoms with van der Waals surface area (Å²) in [7, 11) is 1.20. The number of benzene rings is 1. The van der Waals surface area contributed by atoms with Gasteiger partial charge in [-0.15, -0.1) is 10.2 Å². The lowest BCUT2D eigenvalue weighted by Crippen LogP contribution is -2.12. The van der Waals surface area contributed by atoms with Crippen molar-refractivity contribution in [3.8, 4) is 11.5 Å². The summed E-state index contributed by atoms with van der Waals surface area (Å²) in [5, 5.41) is 10.6. The second kappa shape index (κ2) is 6.64. The van der Waals surface area contributed by atoms with Crippen molar-refractivity contribution in [2.24, 2.45) is 7.05 Å². The van der Waals surface area contributed by atoms with Crippen LogP contribution in [-0.2, 0) is 19.0 Å². The topological polar surface area (TPSA) is 69.6 Å². The minimum Gasteiger partial charge on any atom is -0.334 e. The summed E-state index contributed by atoms with van der Waals surface area (Å²) in [4.78, 5) is 4.01. The Kier molecular flexibility index (Phi) is 4.69. The molecule has 6 nitrogen and oxygen atoms in total. The second-order valence-corrected chi connectivity index (χ2v) is 6.17. The molecule has 1 aromatic carbocycles. The first-order valence-electron chi connectivity index (χ1n) is 6.63. The van der Waals surface area contributed by atoms with Crippen LogP contribution in [0.15, 0.2) is 27.9 Å². The van der Waals surface area contributed by atoms with Crippen LogP contribution in [0.1, 0.15) is 11.6 Å². The lowest BCUT2D eigenvalue weighted by molar-refractivity contribution is -0.147. The van der Waals surface area contributed by atoms with Gasteiger partial charge in [0.05, 0.1) is 11.3 Å². The zero-order valence-electron chi connectivity index (χ0n) is 12.4. The van der Waals surface area contributed by atoms with Gasteiger partial charge in [0.1, 0.15) is 5.82 Å². The van der Waals surface area contributed by atoms with Crippen molar-refractivity contribution in [3.05, 3.63) is 40.7 Å². The smallest absolute Gasteiger partial charge is 0.334 e. The fourth-order valence-electron chi connectivity index (χ4n) is 1.90. The molecule has 0 fully saturated rings. The molecule has 25 heavy (non-hydrogen) atoms. The highest BCUT2D eigenvalue weighted by Gasteiger charge is 2.37. The molecule has 3 rings (SSSR count). The summed E-state index contributed by atoms with van der Waals surface area (Å²) in [6.07, 6.45) is -4.59. The summed E-state index contributed by atoms with van der Waals surface area (Å²) in [5.74, 6) is -1.55. The maximum absolute atomic E-state index is 13.8. The van der Waals surface area contributed by atoms with Crippen LogP contribution >= 0.6 is 23.4 Å². The first-order chi connectivity index (χ1) is 11.8. The zero-order chi connectivity index (χ0) is 18.2. The molecular formula is C13H8ClF4N5OS. The van der Waals surface area contributed by atoms with E-state index < -0.39 is 17.8 Å². The maximum atomic E-state index is 13.8. The van der Waals surface area contributed by atoms with Gasteiger partial charge in [-0.25, -0.2) is 4.39 Å². The molecule has 0 atom stereocenters. The number of nitrogens with zero attached hydrogens (tertiary/aromatic N) is 5. The van der Waals surface area contributed by atoms with E-state index in [4.69, 9.17) is 16.1 Å². The molecule has 0 spiro atoms. The molecule has 0 aliphatic rings. The Morgan fingerprint density at radius 1 is 1.28 bits per heavy atom. The third kappa shape index (κ3) is 3.76. The highest BCUT2D eigenvalue weighted by molar-refractivity contribution is 7.98. The summed E-state index contributed by atoms with van der Waals surface area (Å²) >= 11 is 6.74. The predicted molar refractivity (Wildman–Crippen MR) is 80.3 cm³/mol. The Hall–Kier alpha value is -2.14. The van der Waals surface area contributed by atoms with Gasteiger partial charge in [-0.2, -0.15) is 18.2 Å². The highest BCUT2D eigenvalue weighted by Crippen LogP contribution is 2.31. The third-order valence-electron chi connectivity index (χ3n) is 3.05. The van der Waals surface area contributed by atoms with Gasteiger partial charge in [0.2, 0.25) is 5.82 Å². The molecule has 0 bridgehead atoms. The number of hydrogen-bond acceptors (Lipinski definition) is 6. The lowest BCUT2D eigenvalue weighted by atomic mass is 10.2. The van der Waals surface area contributed by atoms with E-state index in [0.717, 1.165) is 22.4 Å². The van der Waals surface area contributed by atoms with Crippen LogP contribution in [0.25, 0.3) is 11.5 Å². The number of halogens is 5. The van der Waals surface area contributed by atoms with Crippen LogP contribution in [0.4, 0.5) is 17.6 Å². The molecule has 0 N–H and O–H groups in total. The van der Waals surface area contributed by atoms with Crippen molar-refractivity contribution >= 4 is 23.4 Å². The number of thioether (sulfide) groups is 1. The van der Waals surface area contributed by atoms with Gasteiger partial charge in [-0.1, -0.05) is 28.5 Å². The predicted octanol–water partition coefficient (Wildman–Crippen LogP) is 3.97. The fraction of sp³-hybridized carbons (Fsp3) is 0.231. The quantitative estimate of drug-likeness (QED) is 0.493. The molecule has 0 amide bonds. The Bertz CT molecular complexity index is 910. The van der Waals surface area contributed by atoms with Gasteiger partial charge in [0.25, 0.3) is 5.89 Å². The van der Waals surface area contributed by atoms with Crippen LogP contribution < -0.4 is 0 Å². The molecule has 0 aliphatic heterocycles. The van der Waals surface area contributed by atoms with Crippen LogP contribution in [-0.4, -0.2) is 24.9 Å². The van der Waals surface area contributed by atoms with Gasteiger partial charge < -0.3 is 9.09 Å². The van der Waals surface area contributed by atoms with Crippen molar-refractivity contribution in [1.82, 2.24) is 24.9 Å². The van der Waals surface area contributed by atoms with Crippen LogP contribution in [0.5, 0.6) is 0 Å². The lowest BCUT2D eigenvalue weighted by Gasteiger charge is -2.05. The molecule has 0 saturated carbocycles. The van der Waals surface area contributed by atoms with E-state index in [1.165, 1.54) is 19.2 Å². The van der Waals surface area contributed by atoms with Crippen molar-refractivity contribution in [2.75, 3.05) is 0 Å². The van der Waals surface area contributed by atoms with E-state index >= 15 is 0 Å². The molecule has 2 aromatic heterocycles. The van der Waals surface area contributed by atoms with Gasteiger partial charge in [-0.05, 0) is 18.2 Å². The van der Waals surface area contributed by atoms with E-state index in [0.29, 0.717) is 5.02 Å². The van der Waals surface area contributed by atoms with E-state index in [-0.39, 0.29) is 28.2 Å². The van der Waals surface area contributed by atoms with Gasteiger partial charge in [0, 0.05) is 12.1 Å². The number of hydrogen-bond donors (Lipinski definition) is 0. The molecule has 3 aromatic rings. The SMILES string of the molecule is Cn1c(SCc2noc(-c3cc(Cl)ccc3F)n2)nnc1C(F)(F)F. The summed E-state index contributed by atoms with van der Waals surface area (Å²) < 4.78 is 57.6. The average molecular weight is 394 g/mol. The summed E-state index contributed by atoms with van der Waals surface area (Å²) in [6, 6.07) is 3.87. The Morgan fingerprint density at radius 2 is 2.04 bits per heavy atom. The molecule has 0 unspecified atom stereocenters. The van der Waals surface area contributed by atoms with E-state index in [2.05, 4.69) is 20.3 Å². The fourth-order valence-corrected chi connectivity index (χ4v) is 2.83. The van der Waals surface area contributed by atoms with Crippen molar-refractivity contribution < 1.29 is 22.1 Å². The van der Waals surface area contributed by atoms with Gasteiger partial charge in [-0.3, -0.25) is 0 Å². The Morgan fingerprint density at radius 3 is 2.72 bits per heavy atom. The van der Waals surface area contributed by atoms with E-state index in [1.807, 2.05) is 0 Å². The summed E-state index contributed by atoms with van der Waals surface area (Å²) in [5.41, 5.74) is 0.0364. The standard InChI is InChI=1S/C13H8ClF4N5OS/c1-23-11(13(16,17)18)20-21-12(23)25-5-9-19-10(24-22-9)7-4-6(14)2-3-8(7)15/h2-4H,5H2,1H3. The monoisotopic (exact) mass is 393 g/mol. The third-order valence-corrected chi connectivity index (χ3v) is 4.30. The maximum Gasteiger partial charge on any atom is 0.451 e. The number of aromatic nitrogens is 5. The first kappa shape index (κ1) is 17.7. The van der Waals surface area contributed by atoms with Crippen molar-refractivity contribution in [3.63, 3.8) is 0 Å². The van der Waals surface area contributed by atoms with E-state index in [1.54, 1.807) is 0 Å². The Labute approximate surface area is 147 Å². The second-order valence-electron chi connectivity index (χ2n) is 4.79. The average Bonchev–Trinajstić information content (AvgIpc) is 3.14. The number of alkyl halides is 3. The highest BCUT2D eigenvalue weighted by atomic mass is 35.5. The van der Waals surface area contributed by atoms with Gasteiger partial charge >= 0.3 is 6.18 Å². The number of rotatable bonds is 4.